The Kier molecular flexibility index (Phi) is 3.41. The van der Waals surface area contributed by atoms with Gasteiger partial charge in [0.25, 0.3) is 5.78 Å². The molecule has 0 unspecified atom stereocenters. The molecule has 0 radical (unpaired) electrons. The second-order valence-electron chi connectivity index (χ2n) is 4.45. The van der Waals surface area contributed by atoms with E-state index < -0.39 is 0 Å². The van der Waals surface area contributed by atoms with Crippen molar-refractivity contribution >= 4 is 11.6 Å². The molecule has 0 aliphatic rings. The van der Waals surface area contributed by atoms with Gasteiger partial charge in [0, 0.05) is 12.7 Å². The topological polar surface area (TPSA) is 87.6 Å². The van der Waals surface area contributed by atoms with Crippen molar-refractivity contribution in [3.63, 3.8) is 0 Å². The quantitative estimate of drug-likeness (QED) is 0.782. The number of nitrogen functional groups attached to an aromatic ring is 1. The van der Waals surface area contributed by atoms with E-state index in [2.05, 4.69) is 15.1 Å². The number of nitrogens with two attached hydrogens (primary N) is 1. The number of rotatable bonds is 4. The number of ether oxygens (including phenoxy) is 2. The highest BCUT2D eigenvalue weighted by atomic mass is 16.5. The van der Waals surface area contributed by atoms with E-state index in [1.807, 2.05) is 24.3 Å². The minimum atomic E-state index is 0.342. The average Bonchev–Trinajstić information content (AvgIpc) is 2.97. The summed E-state index contributed by atoms with van der Waals surface area (Å²) in [7, 11) is 3.24. The summed E-state index contributed by atoms with van der Waals surface area (Å²) >= 11 is 0. The van der Waals surface area contributed by atoms with Gasteiger partial charge in [-0.15, -0.1) is 0 Å². The molecule has 1 aromatic carbocycles. The van der Waals surface area contributed by atoms with Gasteiger partial charge in [-0.2, -0.15) is 14.6 Å². The number of hydrogen-bond donors (Lipinski definition) is 1. The van der Waals surface area contributed by atoms with Crippen LogP contribution in [0.15, 0.2) is 30.6 Å². The van der Waals surface area contributed by atoms with Crippen molar-refractivity contribution in [3.8, 4) is 16.9 Å². The van der Waals surface area contributed by atoms with Crippen LogP contribution < -0.4 is 10.5 Å². The number of anilines is 1. The molecule has 0 aliphatic carbocycles. The zero-order valence-electron chi connectivity index (χ0n) is 11.8. The first-order valence-electron chi connectivity index (χ1n) is 6.36. The minimum absolute atomic E-state index is 0.342. The molecule has 2 aromatic heterocycles. The van der Waals surface area contributed by atoms with Crippen LogP contribution in [0.4, 0.5) is 5.82 Å². The van der Waals surface area contributed by atoms with E-state index in [9.17, 15) is 0 Å². The summed E-state index contributed by atoms with van der Waals surface area (Å²) in [6, 6.07) is 7.59. The normalized spacial score (nSPS) is 11.0. The summed E-state index contributed by atoms with van der Waals surface area (Å²) in [6.45, 7) is 0.342. The van der Waals surface area contributed by atoms with Gasteiger partial charge in [0.1, 0.15) is 17.9 Å². The van der Waals surface area contributed by atoms with E-state index in [1.54, 1.807) is 14.2 Å². The van der Waals surface area contributed by atoms with Crippen LogP contribution in [-0.4, -0.2) is 33.8 Å². The van der Waals surface area contributed by atoms with E-state index in [4.69, 9.17) is 15.2 Å². The molecule has 0 bridgehead atoms. The zero-order chi connectivity index (χ0) is 14.8. The molecule has 0 fully saturated rings. The summed E-state index contributed by atoms with van der Waals surface area (Å²) in [5.74, 6) is 1.71. The summed E-state index contributed by atoms with van der Waals surface area (Å²) in [6.07, 6.45) is 1.42. The van der Waals surface area contributed by atoms with E-state index in [0.717, 1.165) is 22.6 Å². The summed E-state index contributed by atoms with van der Waals surface area (Å²) in [5, 5.41) is 4.09. The first-order chi connectivity index (χ1) is 10.2. The van der Waals surface area contributed by atoms with Crippen molar-refractivity contribution in [2.45, 2.75) is 6.61 Å². The second kappa shape index (κ2) is 5.37. The Balaban J connectivity index is 2.22. The number of nitrogens with zero attached hydrogens (tertiary/aromatic N) is 4. The molecule has 21 heavy (non-hydrogen) atoms. The van der Waals surface area contributed by atoms with Crippen LogP contribution in [0.3, 0.4) is 0 Å². The van der Waals surface area contributed by atoms with Crippen LogP contribution in [0.5, 0.6) is 5.75 Å². The van der Waals surface area contributed by atoms with Gasteiger partial charge in [0.2, 0.25) is 0 Å². The molecule has 3 aromatic rings. The highest BCUT2D eigenvalue weighted by Crippen LogP contribution is 2.30. The van der Waals surface area contributed by atoms with Gasteiger partial charge >= 0.3 is 0 Å². The summed E-state index contributed by atoms with van der Waals surface area (Å²) in [5.41, 5.74) is 8.66. The molecule has 7 heteroatoms. The largest absolute Gasteiger partial charge is 0.497 e. The lowest BCUT2D eigenvalue weighted by Gasteiger charge is -2.12. The zero-order valence-corrected chi connectivity index (χ0v) is 11.8. The molecule has 2 heterocycles. The van der Waals surface area contributed by atoms with Crippen molar-refractivity contribution < 1.29 is 9.47 Å². The van der Waals surface area contributed by atoms with Crippen LogP contribution in [0.2, 0.25) is 0 Å². The lowest BCUT2D eigenvalue weighted by molar-refractivity contribution is 0.182. The molecular formula is C14H15N5O2. The predicted molar refractivity (Wildman–Crippen MR) is 77.9 cm³/mol. The summed E-state index contributed by atoms with van der Waals surface area (Å²) in [4.78, 5) is 8.53. The monoisotopic (exact) mass is 285 g/mol. The SMILES string of the molecule is COCc1nc2ncnn2c(N)c1-c1ccc(OC)cc1. The van der Waals surface area contributed by atoms with Crippen molar-refractivity contribution in [1.29, 1.82) is 0 Å². The number of methoxy groups -OCH3 is 2. The number of benzene rings is 1. The maximum absolute atomic E-state index is 6.23. The van der Waals surface area contributed by atoms with Crippen LogP contribution in [-0.2, 0) is 11.3 Å². The molecule has 0 spiro atoms. The highest BCUT2D eigenvalue weighted by Gasteiger charge is 2.16. The Hall–Kier alpha value is -2.67. The van der Waals surface area contributed by atoms with Gasteiger partial charge < -0.3 is 15.2 Å². The molecule has 0 saturated carbocycles. The maximum atomic E-state index is 6.23. The third-order valence-corrected chi connectivity index (χ3v) is 3.20. The van der Waals surface area contributed by atoms with Gasteiger partial charge in [-0.1, -0.05) is 12.1 Å². The van der Waals surface area contributed by atoms with E-state index in [0.29, 0.717) is 18.2 Å². The highest BCUT2D eigenvalue weighted by molar-refractivity contribution is 5.77. The lowest BCUT2D eigenvalue weighted by Crippen LogP contribution is -2.08. The third kappa shape index (κ3) is 2.27. The Morgan fingerprint density at radius 2 is 1.95 bits per heavy atom. The lowest BCUT2D eigenvalue weighted by atomic mass is 10.0. The first kappa shape index (κ1) is 13.3. The molecule has 0 aliphatic heterocycles. The molecule has 0 atom stereocenters. The minimum Gasteiger partial charge on any atom is -0.497 e. The standard InChI is InChI=1S/C14H15N5O2/c1-20-7-11-12(9-3-5-10(21-2)6-4-9)13(15)19-14(18-11)16-8-17-19/h3-6,8H,7,15H2,1-2H3. The molecule has 7 nitrogen and oxygen atoms in total. The van der Waals surface area contributed by atoms with Gasteiger partial charge in [-0.25, -0.2) is 4.98 Å². The fourth-order valence-corrected chi connectivity index (χ4v) is 2.23. The Labute approximate surface area is 121 Å². The van der Waals surface area contributed by atoms with Crippen molar-refractivity contribution in [2.24, 2.45) is 0 Å². The molecule has 2 N–H and O–H groups in total. The van der Waals surface area contributed by atoms with Gasteiger partial charge in [0.15, 0.2) is 0 Å². The first-order valence-corrected chi connectivity index (χ1v) is 6.36. The fraction of sp³-hybridized carbons (Fsp3) is 0.214. The molecular weight excluding hydrogens is 270 g/mol. The van der Waals surface area contributed by atoms with E-state index >= 15 is 0 Å². The smallest absolute Gasteiger partial charge is 0.254 e. The van der Waals surface area contributed by atoms with Crippen LogP contribution in [0.1, 0.15) is 5.69 Å². The Morgan fingerprint density at radius 3 is 2.62 bits per heavy atom. The van der Waals surface area contributed by atoms with Gasteiger partial charge in [0.05, 0.1) is 19.4 Å². The second-order valence-corrected chi connectivity index (χ2v) is 4.45. The number of aromatic nitrogens is 4. The predicted octanol–water partition coefficient (Wildman–Crippen LogP) is 1.53. The molecule has 108 valence electrons. The number of hydrogen-bond acceptors (Lipinski definition) is 6. The fourth-order valence-electron chi connectivity index (χ4n) is 2.23. The van der Waals surface area contributed by atoms with Gasteiger partial charge in [-0.3, -0.25) is 0 Å². The molecule has 0 saturated heterocycles. The van der Waals surface area contributed by atoms with Crippen LogP contribution >= 0.6 is 0 Å². The van der Waals surface area contributed by atoms with E-state index in [-0.39, 0.29) is 0 Å². The van der Waals surface area contributed by atoms with Crippen LogP contribution in [0.25, 0.3) is 16.9 Å². The Morgan fingerprint density at radius 1 is 1.19 bits per heavy atom. The van der Waals surface area contributed by atoms with E-state index in [1.165, 1.54) is 10.8 Å². The van der Waals surface area contributed by atoms with Gasteiger partial charge in [-0.05, 0) is 17.7 Å². The number of fused-ring (bicyclic) bond motifs is 1. The van der Waals surface area contributed by atoms with Crippen molar-refractivity contribution in [2.75, 3.05) is 20.0 Å². The summed E-state index contributed by atoms with van der Waals surface area (Å²) < 4.78 is 11.9. The molecule has 3 rings (SSSR count). The maximum Gasteiger partial charge on any atom is 0.254 e. The average molecular weight is 285 g/mol. The molecule has 0 amide bonds. The van der Waals surface area contributed by atoms with Crippen LogP contribution in [0, 0.1) is 0 Å². The van der Waals surface area contributed by atoms with Crippen molar-refractivity contribution in [1.82, 2.24) is 19.6 Å². The Bertz CT molecular complexity index is 767. The third-order valence-electron chi connectivity index (χ3n) is 3.20. The van der Waals surface area contributed by atoms with Crippen molar-refractivity contribution in [3.05, 3.63) is 36.3 Å².